The Bertz CT molecular complexity index is 1060. The minimum absolute atomic E-state index is 0.156. The number of rotatable bonds is 6. The summed E-state index contributed by atoms with van der Waals surface area (Å²) in [6, 6.07) is 13.4. The Morgan fingerprint density at radius 2 is 2.10 bits per heavy atom. The van der Waals surface area contributed by atoms with Crippen molar-refractivity contribution >= 4 is 34.1 Å². The van der Waals surface area contributed by atoms with E-state index in [1.807, 2.05) is 47.8 Å². The van der Waals surface area contributed by atoms with E-state index in [2.05, 4.69) is 10.3 Å². The summed E-state index contributed by atoms with van der Waals surface area (Å²) < 4.78 is 16.5. The summed E-state index contributed by atoms with van der Waals surface area (Å²) in [6.45, 7) is 1.07. The molecule has 0 saturated carbocycles. The first-order valence-corrected chi connectivity index (χ1v) is 11.6. The monoisotopic (exact) mass is 440 g/mol. The molecule has 1 aromatic heterocycles. The van der Waals surface area contributed by atoms with Crippen molar-refractivity contribution in [3.63, 3.8) is 0 Å². The molecule has 0 aliphatic carbocycles. The summed E-state index contributed by atoms with van der Waals surface area (Å²) >= 11 is 3.07. The Morgan fingerprint density at radius 3 is 3.00 bits per heavy atom. The van der Waals surface area contributed by atoms with Crippen molar-refractivity contribution in [1.82, 2.24) is 4.98 Å². The highest BCUT2D eigenvalue weighted by atomic mass is 32.2. The van der Waals surface area contributed by atoms with E-state index in [1.165, 1.54) is 11.3 Å². The van der Waals surface area contributed by atoms with E-state index in [-0.39, 0.29) is 18.8 Å². The first kappa shape index (κ1) is 19.4. The molecule has 1 fully saturated rings. The van der Waals surface area contributed by atoms with Crippen LogP contribution in [-0.2, 0) is 4.74 Å². The van der Waals surface area contributed by atoms with Crippen LogP contribution in [0.15, 0.2) is 52.7 Å². The van der Waals surface area contributed by atoms with Gasteiger partial charge in [0.05, 0.1) is 17.4 Å². The zero-order chi connectivity index (χ0) is 20.3. The number of nitrogens with zero attached hydrogens (tertiary/aromatic N) is 1. The highest BCUT2D eigenvalue weighted by Crippen LogP contribution is 2.36. The Labute approximate surface area is 182 Å². The van der Waals surface area contributed by atoms with Crippen LogP contribution in [0.1, 0.15) is 23.2 Å². The van der Waals surface area contributed by atoms with Gasteiger partial charge >= 0.3 is 0 Å². The van der Waals surface area contributed by atoms with Crippen molar-refractivity contribution in [2.24, 2.45) is 0 Å². The third kappa shape index (κ3) is 4.16. The smallest absolute Gasteiger partial charge is 0.258 e. The highest BCUT2D eigenvalue weighted by Gasteiger charge is 2.19. The molecule has 1 atom stereocenters. The number of anilines is 1. The van der Waals surface area contributed by atoms with Gasteiger partial charge in [0.15, 0.2) is 16.6 Å². The summed E-state index contributed by atoms with van der Waals surface area (Å²) in [5.41, 5.74) is 2.36. The molecule has 0 radical (unpaired) electrons. The fourth-order valence-corrected chi connectivity index (χ4v) is 5.26. The largest absolute Gasteiger partial charge is 0.454 e. The van der Waals surface area contributed by atoms with Gasteiger partial charge in [0.1, 0.15) is 0 Å². The van der Waals surface area contributed by atoms with E-state index in [0.717, 1.165) is 47.1 Å². The van der Waals surface area contributed by atoms with Crippen LogP contribution >= 0.6 is 23.1 Å². The topological polar surface area (TPSA) is 69.7 Å². The van der Waals surface area contributed by atoms with Gasteiger partial charge in [-0.05, 0) is 43.2 Å². The van der Waals surface area contributed by atoms with Crippen LogP contribution in [0.4, 0.5) is 5.13 Å². The van der Waals surface area contributed by atoms with Crippen molar-refractivity contribution in [1.29, 1.82) is 0 Å². The quantitative estimate of drug-likeness (QED) is 0.540. The van der Waals surface area contributed by atoms with Crippen molar-refractivity contribution in [2.75, 3.05) is 24.5 Å². The number of ether oxygens (including phenoxy) is 3. The van der Waals surface area contributed by atoms with E-state index < -0.39 is 0 Å². The molecular formula is C22H20N2O4S2. The second-order valence-corrected chi connectivity index (χ2v) is 8.92. The second-order valence-electron chi connectivity index (χ2n) is 7.00. The van der Waals surface area contributed by atoms with Crippen LogP contribution in [0, 0.1) is 0 Å². The van der Waals surface area contributed by atoms with Gasteiger partial charge in [-0.1, -0.05) is 12.1 Å². The molecule has 2 aromatic carbocycles. The SMILES string of the molecule is O=C(Nc1nc(-c2ccc3c(c2)OCO3)cs1)c1ccccc1SCC1CCCO1. The van der Waals surface area contributed by atoms with Crippen molar-refractivity contribution in [2.45, 2.75) is 23.8 Å². The number of thioether (sulfide) groups is 1. The van der Waals surface area contributed by atoms with E-state index in [4.69, 9.17) is 14.2 Å². The first-order valence-electron chi connectivity index (χ1n) is 9.76. The normalized spacial score (nSPS) is 17.3. The molecular weight excluding hydrogens is 420 g/mol. The van der Waals surface area contributed by atoms with Gasteiger partial charge in [0, 0.05) is 28.2 Å². The summed E-state index contributed by atoms with van der Waals surface area (Å²) in [5.74, 6) is 2.15. The van der Waals surface area contributed by atoms with E-state index in [0.29, 0.717) is 16.4 Å². The van der Waals surface area contributed by atoms with E-state index in [1.54, 1.807) is 11.8 Å². The van der Waals surface area contributed by atoms with Crippen LogP contribution in [0.25, 0.3) is 11.3 Å². The molecule has 1 unspecified atom stereocenters. The number of nitrogens with one attached hydrogen (secondary N) is 1. The first-order chi connectivity index (χ1) is 14.8. The summed E-state index contributed by atoms with van der Waals surface area (Å²) in [7, 11) is 0. The maximum Gasteiger partial charge on any atom is 0.258 e. The zero-order valence-electron chi connectivity index (χ0n) is 16.1. The fourth-order valence-electron chi connectivity index (χ4n) is 3.42. The van der Waals surface area contributed by atoms with E-state index >= 15 is 0 Å². The average Bonchev–Trinajstić information content (AvgIpc) is 3.53. The van der Waals surface area contributed by atoms with Crippen molar-refractivity contribution < 1.29 is 19.0 Å². The van der Waals surface area contributed by atoms with Crippen LogP contribution in [0.5, 0.6) is 11.5 Å². The molecule has 8 heteroatoms. The van der Waals surface area contributed by atoms with Crippen molar-refractivity contribution in [3.8, 4) is 22.8 Å². The number of thiazole rings is 1. The van der Waals surface area contributed by atoms with E-state index in [9.17, 15) is 4.79 Å². The minimum atomic E-state index is -0.156. The number of aromatic nitrogens is 1. The third-order valence-corrected chi connectivity index (χ3v) is 6.94. The van der Waals surface area contributed by atoms with Gasteiger partial charge in [-0.15, -0.1) is 23.1 Å². The third-order valence-electron chi connectivity index (χ3n) is 4.97. The highest BCUT2D eigenvalue weighted by molar-refractivity contribution is 7.99. The van der Waals surface area contributed by atoms with Gasteiger partial charge in [-0.2, -0.15) is 0 Å². The maximum absolute atomic E-state index is 12.9. The van der Waals surface area contributed by atoms with Crippen LogP contribution in [-0.4, -0.2) is 36.1 Å². The maximum atomic E-state index is 12.9. The van der Waals surface area contributed by atoms with Crippen LogP contribution < -0.4 is 14.8 Å². The molecule has 5 rings (SSSR count). The Balaban J connectivity index is 1.28. The number of fused-ring (bicyclic) bond motifs is 1. The standard InChI is InChI=1S/C22H20N2O4S2/c25-21(16-5-1-2-6-20(16)29-11-15-4-3-9-26-15)24-22-23-17(12-30-22)14-7-8-18-19(10-14)28-13-27-18/h1-2,5-8,10,12,15H,3-4,9,11,13H2,(H,23,24,25). The molecule has 1 amide bonds. The predicted octanol–water partition coefficient (Wildman–Crippen LogP) is 5.06. The Kier molecular flexibility index (Phi) is 5.61. The molecule has 6 nitrogen and oxygen atoms in total. The number of amides is 1. The summed E-state index contributed by atoms with van der Waals surface area (Å²) in [5, 5.41) is 5.42. The molecule has 3 heterocycles. The lowest BCUT2D eigenvalue weighted by Crippen LogP contribution is -2.14. The van der Waals surface area contributed by atoms with Crippen LogP contribution in [0.2, 0.25) is 0 Å². The second kappa shape index (κ2) is 8.67. The molecule has 2 aliphatic rings. The molecule has 0 bridgehead atoms. The lowest BCUT2D eigenvalue weighted by Gasteiger charge is -2.11. The molecule has 1 saturated heterocycles. The Hall–Kier alpha value is -2.55. The molecule has 154 valence electrons. The van der Waals surface area contributed by atoms with Crippen molar-refractivity contribution in [3.05, 3.63) is 53.4 Å². The van der Waals surface area contributed by atoms with Crippen LogP contribution in [0.3, 0.4) is 0 Å². The molecule has 0 spiro atoms. The van der Waals surface area contributed by atoms with Gasteiger partial charge < -0.3 is 14.2 Å². The average molecular weight is 441 g/mol. The van der Waals surface area contributed by atoms with Gasteiger partial charge in [-0.25, -0.2) is 4.98 Å². The molecule has 1 N–H and O–H groups in total. The number of carbonyl (C=O) groups is 1. The number of hydrogen-bond acceptors (Lipinski definition) is 7. The summed E-state index contributed by atoms with van der Waals surface area (Å²) in [6.07, 6.45) is 2.47. The lowest BCUT2D eigenvalue weighted by molar-refractivity contribution is 0.102. The minimum Gasteiger partial charge on any atom is -0.454 e. The van der Waals surface area contributed by atoms with Gasteiger partial charge in [0.2, 0.25) is 6.79 Å². The molecule has 2 aliphatic heterocycles. The predicted molar refractivity (Wildman–Crippen MR) is 118 cm³/mol. The number of benzene rings is 2. The Morgan fingerprint density at radius 1 is 1.20 bits per heavy atom. The fraction of sp³-hybridized carbons (Fsp3) is 0.273. The lowest BCUT2D eigenvalue weighted by atomic mass is 10.1. The zero-order valence-corrected chi connectivity index (χ0v) is 17.8. The van der Waals surface area contributed by atoms with Gasteiger partial charge in [0.25, 0.3) is 5.91 Å². The summed E-state index contributed by atoms with van der Waals surface area (Å²) in [4.78, 5) is 18.4. The number of carbonyl (C=O) groups excluding carboxylic acids is 1. The molecule has 3 aromatic rings. The molecule has 30 heavy (non-hydrogen) atoms. The number of hydrogen-bond donors (Lipinski definition) is 1. The van der Waals surface area contributed by atoms with Gasteiger partial charge in [-0.3, -0.25) is 10.1 Å².